The minimum atomic E-state index is -0.211. The third-order valence-electron chi connectivity index (χ3n) is 4.24. The summed E-state index contributed by atoms with van der Waals surface area (Å²) in [6.07, 6.45) is 0.224. The molecule has 0 radical (unpaired) electrons. The third-order valence-corrected chi connectivity index (χ3v) is 4.24. The minimum Gasteiger partial charge on any atom is -0.454 e. The molecule has 1 atom stereocenters. The number of aromatic nitrogens is 2. The van der Waals surface area contributed by atoms with Crippen molar-refractivity contribution in [3.05, 3.63) is 29.9 Å². The maximum Gasteiger partial charge on any atom is 0.322 e. The van der Waals surface area contributed by atoms with Gasteiger partial charge in [0, 0.05) is 32.0 Å². The van der Waals surface area contributed by atoms with E-state index in [0.29, 0.717) is 61.6 Å². The van der Waals surface area contributed by atoms with E-state index in [1.807, 2.05) is 0 Å². The van der Waals surface area contributed by atoms with Crippen molar-refractivity contribution in [1.82, 2.24) is 15.0 Å². The molecule has 0 bridgehead atoms. The second-order valence-electron chi connectivity index (χ2n) is 6.18. The number of nitrogens with zero attached hydrogens (tertiary/aromatic N) is 3. The molecule has 2 amide bonds. The van der Waals surface area contributed by atoms with Crippen LogP contribution >= 0.6 is 0 Å². The van der Waals surface area contributed by atoms with E-state index in [1.165, 1.54) is 0 Å². The maximum atomic E-state index is 12.6. The van der Waals surface area contributed by atoms with Crippen molar-refractivity contribution in [3.8, 4) is 11.5 Å². The summed E-state index contributed by atoms with van der Waals surface area (Å²) in [5.41, 5.74) is 0.647. The average Bonchev–Trinajstić information content (AvgIpc) is 3.31. The highest BCUT2D eigenvalue weighted by Gasteiger charge is 2.26. The zero-order valence-corrected chi connectivity index (χ0v) is 14.8. The molecule has 1 aromatic carbocycles. The van der Waals surface area contributed by atoms with Crippen molar-refractivity contribution >= 4 is 11.7 Å². The molecule has 1 unspecified atom stereocenters. The number of benzene rings is 1. The van der Waals surface area contributed by atoms with Gasteiger partial charge in [-0.2, -0.15) is 4.98 Å². The molecule has 3 heterocycles. The fourth-order valence-electron chi connectivity index (χ4n) is 2.96. The molecule has 0 spiro atoms. The number of amides is 2. The van der Waals surface area contributed by atoms with E-state index >= 15 is 0 Å². The lowest BCUT2D eigenvalue weighted by atomic mass is 10.2. The second kappa shape index (κ2) is 7.80. The number of hydrogen-bond acceptors (Lipinski definition) is 8. The Balaban J connectivity index is 1.33. The van der Waals surface area contributed by atoms with Gasteiger partial charge in [0.05, 0.1) is 19.1 Å². The number of methoxy groups -OCH3 is 1. The molecular weight excluding hydrogens is 356 g/mol. The second-order valence-corrected chi connectivity index (χ2v) is 6.18. The first-order valence-electron chi connectivity index (χ1n) is 8.59. The number of hydrogen-bond donors (Lipinski definition) is 1. The van der Waals surface area contributed by atoms with Gasteiger partial charge in [0.2, 0.25) is 12.7 Å². The van der Waals surface area contributed by atoms with E-state index in [4.69, 9.17) is 23.5 Å². The Hall–Kier alpha value is -2.85. The highest BCUT2D eigenvalue weighted by Crippen LogP contribution is 2.34. The van der Waals surface area contributed by atoms with E-state index < -0.39 is 0 Å². The Kier molecular flexibility index (Phi) is 5.07. The lowest BCUT2D eigenvalue weighted by molar-refractivity contribution is -0.0148. The predicted octanol–water partition coefficient (Wildman–Crippen LogP) is 1.42. The molecule has 0 aliphatic carbocycles. The number of rotatable bonds is 5. The highest BCUT2D eigenvalue weighted by atomic mass is 16.7. The molecule has 1 N–H and O–H groups in total. The fraction of sp³-hybridized carbons (Fsp3) is 0.471. The summed E-state index contributed by atoms with van der Waals surface area (Å²) in [5, 5.41) is 6.70. The van der Waals surface area contributed by atoms with Crippen molar-refractivity contribution in [2.24, 2.45) is 0 Å². The molecule has 1 aromatic heterocycles. The van der Waals surface area contributed by atoms with Crippen molar-refractivity contribution in [3.63, 3.8) is 0 Å². The summed E-state index contributed by atoms with van der Waals surface area (Å²) >= 11 is 0. The van der Waals surface area contributed by atoms with Crippen LogP contribution in [0.2, 0.25) is 0 Å². The summed E-state index contributed by atoms with van der Waals surface area (Å²) in [5.74, 6) is 2.24. The Morgan fingerprint density at radius 3 is 3.15 bits per heavy atom. The third kappa shape index (κ3) is 4.12. The molecule has 4 rings (SSSR count). The maximum absolute atomic E-state index is 12.6. The van der Waals surface area contributed by atoms with Crippen LogP contribution in [0.3, 0.4) is 0 Å². The summed E-state index contributed by atoms with van der Waals surface area (Å²) in [6.45, 7) is 1.86. The lowest BCUT2D eigenvalue weighted by Gasteiger charge is -2.32. The van der Waals surface area contributed by atoms with Gasteiger partial charge in [-0.25, -0.2) is 4.79 Å². The molecule has 10 nitrogen and oxygen atoms in total. The van der Waals surface area contributed by atoms with E-state index in [0.717, 1.165) is 0 Å². The number of anilines is 1. The van der Waals surface area contributed by atoms with Crippen LogP contribution in [0.25, 0.3) is 0 Å². The van der Waals surface area contributed by atoms with Gasteiger partial charge in [0.25, 0.3) is 0 Å². The Morgan fingerprint density at radius 2 is 2.26 bits per heavy atom. The molecule has 27 heavy (non-hydrogen) atoms. The van der Waals surface area contributed by atoms with Gasteiger partial charge in [0.15, 0.2) is 17.3 Å². The van der Waals surface area contributed by atoms with E-state index in [-0.39, 0.29) is 18.9 Å². The minimum absolute atomic E-state index is 0.194. The first-order chi connectivity index (χ1) is 13.2. The van der Waals surface area contributed by atoms with Crippen LogP contribution in [0.5, 0.6) is 11.5 Å². The number of nitrogens with one attached hydrogen (secondary N) is 1. The molecule has 2 aromatic rings. The number of fused-ring (bicyclic) bond motifs is 1. The van der Waals surface area contributed by atoms with Crippen LogP contribution in [0.1, 0.15) is 11.7 Å². The molecule has 144 valence electrons. The van der Waals surface area contributed by atoms with Gasteiger partial charge in [-0.05, 0) is 12.1 Å². The number of ether oxygens (including phenoxy) is 4. The Labute approximate surface area is 155 Å². The normalized spacial score (nSPS) is 18.6. The van der Waals surface area contributed by atoms with Crippen LogP contribution in [-0.2, 0) is 22.5 Å². The molecule has 0 saturated carbocycles. The number of carbonyl (C=O) groups excluding carboxylic acids is 1. The zero-order valence-electron chi connectivity index (χ0n) is 14.8. The number of urea groups is 1. The monoisotopic (exact) mass is 376 g/mol. The molecule has 2 aliphatic heterocycles. The largest absolute Gasteiger partial charge is 0.454 e. The fourth-order valence-corrected chi connectivity index (χ4v) is 2.96. The number of morpholine rings is 1. The summed E-state index contributed by atoms with van der Waals surface area (Å²) in [7, 11) is 1.57. The molecule has 2 aliphatic rings. The van der Waals surface area contributed by atoms with Gasteiger partial charge in [-0.15, -0.1) is 0 Å². The van der Waals surface area contributed by atoms with Gasteiger partial charge >= 0.3 is 6.03 Å². The first kappa shape index (κ1) is 17.6. The van der Waals surface area contributed by atoms with E-state index in [9.17, 15) is 4.79 Å². The van der Waals surface area contributed by atoms with E-state index in [1.54, 1.807) is 30.2 Å². The predicted molar refractivity (Wildman–Crippen MR) is 91.6 cm³/mol. The average molecular weight is 376 g/mol. The quantitative estimate of drug-likeness (QED) is 0.835. The molecule has 10 heteroatoms. The van der Waals surface area contributed by atoms with Gasteiger partial charge in [-0.3, -0.25) is 0 Å². The van der Waals surface area contributed by atoms with Crippen LogP contribution < -0.4 is 14.8 Å². The van der Waals surface area contributed by atoms with Crippen LogP contribution in [0, 0.1) is 0 Å². The van der Waals surface area contributed by atoms with Gasteiger partial charge in [0.1, 0.15) is 6.61 Å². The van der Waals surface area contributed by atoms with Crippen molar-refractivity contribution in [2.75, 3.05) is 38.9 Å². The zero-order chi connectivity index (χ0) is 18.6. The Bertz CT molecular complexity index is 810. The van der Waals surface area contributed by atoms with E-state index in [2.05, 4.69) is 15.5 Å². The van der Waals surface area contributed by atoms with Crippen LogP contribution in [0.15, 0.2) is 22.7 Å². The summed E-state index contributed by atoms with van der Waals surface area (Å²) in [6, 6.07) is 5.09. The van der Waals surface area contributed by atoms with Crippen molar-refractivity contribution < 1.29 is 28.3 Å². The van der Waals surface area contributed by atoms with Crippen molar-refractivity contribution in [1.29, 1.82) is 0 Å². The standard InChI is InChI=1S/C17H20N4O6/c1-23-9-15-19-16(27-20-15)7-12-8-21(4-5-24-12)17(22)18-11-2-3-13-14(6-11)26-10-25-13/h2-3,6,12H,4-5,7-10H2,1H3,(H,18,22). The van der Waals surface area contributed by atoms with Gasteiger partial charge in [-0.1, -0.05) is 5.16 Å². The summed E-state index contributed by atoms with van der Waals surface area (Å²) in [4.78, 5) is 18.5. The Morgan fingerprint density at radius 1 is 1.37 bits per heavy atom. The lowest BCUT2D eigenvalue weighted by Crippen LogP contribution is -2.48. The van der Waals surface area contributed by atoms with Crippen LogP contribution in [-0.4, -0.2) is 60.8 Å². The van der Waals surface area contributed by atoms with Crippen molar-refractivity contribution in [2.45, 2.75) is 19.1 Å². The smallest absolute Gasteiger partial charge is 0.322 e. The topological polar surface area (TPSA) is 108 Å². The number of carbonyl (C=O) groups is 1. The molecular formula is C17H20N4O6. The highest BCUT2D eigenvalue weighted by molar-refractivity contribution is 5.89. The van der Waals surface area contributed by atoms with Crippen LogP contribution in [0.4, 0.5) is 10.5 Å². The first-order valence-corrected chi connectivity index (χ1v) is 8.59. The molecule has 1 saturated heterocycles. The SMILES string of the molecule is COCc1noc(CC2CN(C(=O)Nc3ccc4c(c3)OCO4)CCO2)n1. The molecule has 1 fully saturated rings. The van der Waals surface area contributed by atoms with Gasteiger partial charge < -0.3 is 33.7 Å². The summed E-state index contributed by atoms with van der Waals surface area (Å²) < 4.78 is 26.5.